The van der Waals surface area contributed by atoms with E-state index >= 15 is 0 Å². The highest BCUT2D eigenvalue weighted by Gasteiger charge is 2.37. The van der Waals surface area contributed by atoms with Crippen LogP contribution in [0.2, 0.25) is 0 Å². The number of aryl methyl sites for hydroxylation is 3. The van der Waals surface area contributed by atoms with Crippen molar-refractivity contribution in [3.63, 3.8) is 0 Å². The van der Waals surface area contributed by atoms with Crippen molar-refractivity contribution in [1.29, 1.82) is 0 Å². The van der Waals surface area contributed by atoms with Gasteiger partial charge in [0.2, 0.25) is 0 Å². The van der Waals surface area contributed by atoms with Crippen molar-refractivity contribution in [3.8, 4) is 0 Å². The van der Waals surface area contributed by atoms with Crippen LogP contribution < -0.4 is 4.57 Å². The van der Waals surface area contributed by atoms with Crippen LogP contribution in [0.3, 0.4) is 0 Å². The van der Waals surface area contributed by atoms with Crippen LogP contribution in [-0.4, -0.2) is 63.3 Å². The number of hydrogen-bond donors (Lipinski definition) is 0. The Bertz CT molecular complexity index is 660. The summed E-state index contributed by atoms with van der Waals surface area (Å²) >= 11 is 0. The average molecular weight is 559 g/mol. The first-order valence-corrected chi connectivity index (χ1v) is 13.9. The summed E-state index contributed by atoms with van der Waals surface area (Å²) < 4.78 is 4.59. The van der Waals surface area contributed by atoms with Crippen molar-refractivity contribution in [1.82, 2.24) is 0 Å². The van der Waals surface area contributed by atoms with Crippen molar-refractivity contribution in [2.75, 3.05) is 54.4 Å². The lowest BCUT2D eigenvalue weighted by atomic mass is 9.88. The zero-order valence-corrected chi connectivity index (χ0v) is 24.5. The minimum absolute atomic E-state index is 0. The van der Waals surface area contributed by atoms with Gasteiger partial charge in [-0.05, 0) is 45.1 Å². The lowest BCUT2D eigenvalue weighted by Gasteiger charge is -2.40. The zero-order chi connectivity index (χ0) is 25.2. The molecule has 0 N–H and O–H groups in total. The Labute approximate surface area is 252 Å². The molecule has 1 aromatic rings. The molecule has 4 atom stereocenters. The van der Waals surface area contributed by atoms with E-state index in [0.717, 1.165) is 30.1 Å². The highest BCUT2D eigenvalue weighted by Crippen LogP contribution is 2.32. The summed E-state index contributed by atoms with van der Waals surface area (Å²) in [4.78, 5) is 0. The molecule has 39 heavy (non-hydrogen) atoms. The second kappa shape index (κ2) is 23.7. The van der Waals surface area contributed by atoms with Gasteiger partial charge in [0.05, 0.1) is 54.4 Å². The maximum atomic E-state index is 2.39. The van der Waals surface area contributed by atoms with E-state index in [4.69, 9.17) is 0 Å². The molecule has 3 heteroatoms. The van der Waals surface area contributed by atoms with Crippen LogP contribution in [0, 0.1) is 30.6 Å². The van der Waals surface area contributed by atoms with Crippen LogP contribution in [0.1, 0.15) is 122 Å². The van der Waals surface area contributed by atoms with Crippen LogP contribution in [0.15, 0.2) is 18.5 Å². The Morgan fingerprint density at radius 3 is 1.67 bits per heavy atom. The van der Waals surface area contributed by atoms with Crippen LogP contribution in [0.25, 0.3) is 0 Å². The molecule has 2 aliphatic heterocycles. The van der Waals surface area contributed by atoms with E-state index in [0.29, 0.717) is 0 Å². The third kappa shape index (κ3) is 19.7. The van der Waals surface area contributed by atoms with E-state index in [1.165, 1.54) is 78.4 Å². The molecule has 0 radical (unpaired) electrons. The Hall–Kier alpha value is -0.930. The van der Waals surface area contributed by atoms with Gasteiger partial charge in [-0.2, -0.15) is 0 Å². The van der Waals surface area contributed by atoms with Crippen molar-refractivity contribution in [2.45, 2.75) is 125 Å². The molecule has 2 saturated heterocycles. The van der Waals surface area contributed by atoms with Crippen LogP contribution in [0.4, 0.5) is 0 Å². The minimum atomic E-state index is 0. The first-order chi connectivity index (χ1) is 15.3. The van der Waals surface area contributed by atoms with E-state index in [2.05, 4.69) is 99.8 Å². The lowest BCUT2D eigenvalue weighted by Crippen LogP contribution is -2.50. The largest absolute Gasteiger partial charge is 0.328 e. The number of rotatable bonds is 5. The van der Waals surface area contributed by atoms with Gasteiger partial charge in [0.15, 0.2) is 12.4 Å². The number of piperidine rings is 1. The molecule has 4 unspecified atom stereocenters. The molecule has 240 valence electrons. The third-order valence-corrected chi connectivity index (χ3v) is 7.78. The average Bonchev–Trinajstić information content (AvgIpc) is 3.00. The second-order valence-electron chi connectivity index (χ2n) is 12.7. The van der Waals surface area contributed by atoms with Gasteiger partial charge in [-0.3, -0.25) is 0 Å². The van der Waals surface area contributed by atoms with E-state index in [1.54, 1.807) is 0 Å². The predicted octanol–water partition coefficient (Wildman–Crippen LogP) is 9.85. The number of nitrogens with zero attached hydrogens (tertiary/aromatic N) is 3. The summed E-state index contributed by atoms with van der Waals surface area (Å²) in [5.74, 6) is 3.92. The van der Waals surface area contributed by atoms with Crippen LogP contribution in [-0.2, 0) is 13.5 Å². The van der Waals surface area contributed by atoms with Gasteiger partial charge in [-0.15, -0.1) is 0 Å². The smallest absolute Gasteiger partial charge is 0.171 e. The van der Waals surface area contributed by atoms with Crippen molar-refractivity contribution >= 4 is 0 Å². The fraction of sp³-hybridized carbons (Fsp3) is 0.861. The zero-order valence-electron chi connectivity index (χ0n) is 24.5. The van der Waals surface area contributed by atoms with Crippen LogP contribution >= 0.6 is 0 Å². The molecule has 0 bridgehead atoms. The Morgan fingerprint density at radius 1 is 0.744 bits per heavy atom. The van der Waals surface area contributed by atoms with Crippen LogP contribution in [0.5, 0.6) is 0 Å². The number of hydrogen-bond acceptors (Lipinski definition) is 0. The summed E-state index contributed by atoms with van der Waals surface area (Å²) in [5, 5.41) is 0. The first kappa shape index (κ1) is 50.9. The summed E-state index contributed by atoms with van der Waals surface area (Å²) in [6.45, 7) is 19.2. The van der Waals surface area contributed by atoms with Gasteiger partial charge < -0.3 is 8.97 Å². The molecule has 2 fully saturated rings. The summed E-state index contributed by atoms with van der Waals surface area (Å²) in [5.41, 5.74) is 2.74. The summed E-state index contributed by atoms with van der Waals surface area (Å²) in [6, 6.07) is 2.22. The molecule has 0 amide bonds. The highest BCUT2D eigenvalue weighted by molar-refractivity contribution is 5.13. The van der Waals surface area contributed by atoms with Gasteiger partial charge in [-0.1, -0.05) is 85.6 Å². The molecular formula is C36H84N3+3. The quantitative estimate of drug-likeness (QED) is 0.250. The molecule has 3 rings (SSSR count). The SMILES string of the molecule is C.C.C.C.C.C.CCC1CC(C)C[N+](C)(C)C1.CCCC1C[N+](C)(C)CC1CC.CCc1cc(C)c[n+](C)c1. The number of pyridine rings is 1. The van der Waals surface area contributed by atoms with Crippen molar-refractivity contribution < 1.29 is 13.5 Å². The molecule has 0 aliphatic carbocycles. The first-order valence-electron chi connectivity index (χ1n) is 13.9. The number of quaternary nitrogens is 2. The molecule has 1 aromatic heterocycles. The Kier molecular flexibility index (Phi) is 31.0. The maximum Gasteiger partial charge on any atom is 0.171 e. The van der Waals surface area contributed by atoms with E-state index in [-0.39, 0.29) is 44.6 Å². The standard InChI is InChI=1S/C11H24N.C10H22N.C9H14N.6CH4/c1-5-7-11-9-12(3,4)8-10(11)6-2;1-5-10-6-9(2)7-11(3,4)8-10;1-4-9-5-8(2)6-10(3)7-9;;;;;;/h10-11H,5-9H2,1-4H3;9-10H,5-8H2,1-4H3;5-7H,4H2,1-3H3;6*1H4/q3*+1;;;;;;. The minimum Gasteiger partial charge on any atom is -0.328 e. The van der Waals surface area contributed by atoms with Crippen molar-refractivity contribution in [2.24, 2.45) is 30.7 Å². The molecule has 3 heterocycles. The van der Waals surface area contributed by atoms with E-state index in [1.807, 2.05) is 0 Å². The van der Waals surface area contributed by atoms with Gasteiger partial charge in [-0.25, -0.2) is 4.57 Å². The lowest BCUT2D eigenvalue weighted by molar-refractivity contribution is -0.902. The predicted molar refractivity (Wildman–Crippen MR) is 186 cm³/mol. The molecule has 0 aromatic carbocycles. The van der Waals surface area contributed by atoms with E-state index in [9.17, 15) is 0 Å². The van der Waals surface area contributed by atoms with Gasteiger partial charge in [0.1, 0.15) is 7.05 Å². The number of likely N-dealkylation sites (tertiary alicyclic amines) is 2. The second-order valence-corrected chi connectivity index (χ2v) is 12.7. The topological polar surface area (TPSA) is 3.88 Å². The maximum absolute atomic E-state index is 2.39. The molecular weight excluding hydrogens is 474 g/mol. The van der Waals surface area contributed by atoms with E-state index < -0.39 is 0 Å². The van der Waals surface area contributed by atoms with Gasteiger partial charge >= 0.3 is 0 Å². The molecule has 3 nitrogen and oxygen atoms in total. The summed E-state index contributed by atoms with van der Waals surface area (Å²) in [7, 11) is 11.5. The molecule has 0 spiro atoms. The molecule has 0 saturated carbocycles. The normalized spacial score (nSPS) is 23.5. The van der Waals surface area contributed by atoms with Gasteiger partial charge in [0.25, 0.3) is 0 Å². The fourth-order valence-electron chi connectivity index (χ4n) is 6.61. The number of aromatic nitrogens is 1. The fourth-order valence-corrected chi connectivity index (χ4v) is 6.61. The Morgan fingerprint density at radius 2 is 1.26 bits per heavy atom. The third-order valence-electron chi connectivity index (χ3n) is 7.78. The molecule has 2 aliphatic rings. The van der Waals surface area contributed by atoms with Gasteiger partial charge in [0, 0.05) is 34.8 Å². The highest BCUT2D eigenvalue weighted by atomic mass is 15.3. The Balaban J connectivity index is -0.0000000975. The van der Waals surface area contributed by atoms with Crippen molar-refractivity contribution in [3.05, 3.63) is 29.6 Å². The monoisotopic (exact) mass is 559 g/mol. The summed E-state index contributed by atoms with van der Waals surface area (Å²) in [6.07, 6.45) is 12.4.